The number of fused-ring (bicyclic) bond motifs is 12. The quantitative estimate of drug-likeness (QED) is 0.155. The van der Waals surface area contributed by atoms with E-state index >= 15 is 0 Å². The van der Waals surface area contributed by atoms with Crippen molar-refractivity contribution in [2.45, 2.75) is 5.41 Å². The summed E-state index contributed by atoms with van der Waals surface area (Å²) >= 11 is 0. The van der Waals surface area contributed by atoms with E-state index in [4.69, 9.17) is 0 Å². The van der Waals surface area contributed by atoms with Gasteiger partial charge in [-0.05, 0) is 127 Å². The van der Waals surface area contributed by atoms with Crippen LogP contribution in [0.3, 0.4) is 0 Å². The average Bonchev–Trinajstić information content (AvgIpc) is 3.92. The minimum Gasteiger partial charge on any atom is -0.310 e. The largest absolute Gasteiger partial charge is 0.310 e. The predicted octanol–water partition coefficient (Wildman–Crippen LogP) is 17.6. The zero-order chi connectivity index (χ0) is 45.5. The van der Waals surface area contributed by atoms with Crippen molar-refractivity contribution in [1.29, 1.82) is 0 Å². The van der Waals surface area contributed by atoms with Gasteiger partial charge in [0.1, 0.15) is 0 Å². The first-order chi connectivity index (χ1) is 34.2. The summed E-state index contributed by atoms with van der Waals surface area (Å²) in [4.78, 5) is 2.44. The van der Waals surface area contributed by atoms with E-state index in [1.807, 2.05) is 0 Å². The Labute approximate surface area is 402 Å². The van der Waals surface area contributed by atoms with Crippen molar-refractivity contribution in [2.24, 2.45) is 0 Å². The van der Waals surface area contributed by atoms with Crippen molar-refractivity contribution in [2.75, 3.05) is 4.90 Å². The molecule has 1 aliphatic heterocycles. The summed E-state index contributed by atoms with van der Waals surface area (Å²) in [5.41, 5.74) is 23.9. The van der Waals surface area contributed by atoms with Gasteiger partial charge in [0.25, 0.3) is 0 Å². The molecule has 1 atom stereocenters. The average molecular weight is 877 g/mol. The molecule has 0 saturated heterocycles. The molecule has 2 aliphatic rings. The predicted molar refractivity (Wildman–Crippen MR) is 288 cm³/mol. The van der Waals surface area contributed by atoms with Gasteiger partial charge in [-0.3, -0.25) is 0 Å². The van der Waals surface area contributed by atoms with Gasteiger partial charge >= 0.3 is 0 Å². The van der Waals surface area contributed by atoms with Crippen LogP contribution in [-0.4, -0.2) is 4.57 Å². The Hall–Kier alpha value is -8.98. The minimum atomic E-state index is -0.490. The van der Waals surface area contributed by atoms with Gasteiger partial charge in [0.2, 0.25) is 0 Å². The summed E-state index contributed by atoms with van der Waals surface area (Å²) in [7, 11) is 0. The Kier molecular flexibility index (Phi) is 8.84. The fourth-order valence-corrected chi connectivity index (χ4v) is 11.9. The molecule has 1 unspecified atom stereocenters. The van der Waals surface area contributed by atoms with E-state index in [9.17, 15) is 0 Å². The summed E-state index contributed by atoms with van der Waals surface area (Å²) in [6.45, 7) is 0. The van der Waals surface area contributed by atoms with Gasteiger partial charge in [0.05, 0.1) is 27.8 Å². The number of benzene rings is 11. The molecule has 322 valence electrons. The van der Waals surface area contributed by atoms with Gasteiger partial charge in [0, 0.05) is 27.7 Å². The van der Waals surface area contributed by atoms with E-state index in [1.165, 1.54) is 94.3 Å². The third kappa shape index (κ3) is 5.92. The van der Waals surface area contributed by atoms with E-state index < -0.39 is 5.41 Å². The Balaban J connectivity index is 0.941. The second-order valence-electron chi connectivity index (χ2n) is 18.4. The smallest absolute Gasteiger partial charge is 0.0754 e. The Morgan fingerprint density at radius 1 is 0.290 bits per heavy atom. The minimum absolute atomic E-state index is 0.490. The van der Waals surface area contributed by atoms with E-state index in [0.29, 0.717) is 0 Å². The Morgan fingerprint density at radius 2 is 0.797 bits per heavy atom. The lowest BCUT2D eigenvalue weighted by Crippen LogP contribution is -2.33. The highest BCUT2D eigenvalue weighted by Gasteiger charge is 2.50. The molecule has 11 aromatic carbocycles. The van der Waals surface area contributed by atoms with Crippen LogP contribution in [0.1, 0.15) is 22.3 Å². The van der Waals surface area contributed by atoms with Crippen molar-refractivity contribution < 1.29 is 0 Å². The Bertz CT molecular complexity index is 3970. The topological polar surface area (TPSA) is 8.17 Å². The van der Waals surface area contributed by atoms with Crippen molar-refractivity contribution in [3.05, 3.63) is 289 Å². The molecule has 0 N–H and O–H groups in total. The fourth-order valence-electron chi connectivity index (χ4n) is 11.9. The third-order valence-corrected chi connectivity index (χ3v) is 14.8. The third-order valence-electron chi connectivity index (χ3n) is 14.8. The van der Waals surface area contributed by atoms with Crippen LogP contribution >= 0.6 is 0 Å². The molecule has 2 heteroatoms. The second kappa shape index (κ2) is 15.6. The number of anilines is 3. The van der Waals surface area contributed by atoms with E-state index in [0.717, 1.165) is 28.2 Å². The highest BCUT2D eigenvalue weighted by atomic mass is 15.1. The normalized spacial score (nSPS) is 14.1. The summed E-state index contributed by atoms with van der Waals surface area (Å²) < 4.78 is 2.51. The van der Waals surface area contributed by atoms with Crippen LogP contribution in [0, 0.1) is 0 Å². The van der Waals surface area contributed by atoms with E-state index in [2.05, 4.69) is 276 Å². The zero-order valence-corrected chi connectivity index (χ0v) is 37.8. The van der Waals surface area contributed by atoms with Gasteiger partial charge in [-0.25, -0.2) is 0 Å². The van der Waals surface area contributed by atoms with Crippen molar-refractivity contribution in [3.8, 4) is 61.3 Å². The molecule has 0 saturated carbocycles. The van der Waals surface area contributed by atoms with E-state index in [1.54, 1.807) is 0 Å². The van der Waals surface area contributed by atoms with Gasteiger partial charge in [-0.15, -0.1) is 0 Å². The lowest BCUT2D eigenvalue weighted by Gasteiger charge is -2.39. The van der Waals surface area contributed by atoms with Gasteiger partial charge in [-0.2, -0.15) is 0 Å². The number of hydrogen-bond acceptors (Lipinski definition) is 1. The monoisotopic (exact) mass is 876 g/mol. The maximum Gasteiger partial charge on any atom is 0.0754 e. The molecule has 1 aliphatic carbocycles. The van der Waals surface area contributed by atoms with Gasteiger partial charge in [-0.1, -0.05) is 212 Å². The van der Waals surface area contributed by atoms with Gasteiger partial charge in [0.15, 0.2) is 0 Å². The molecular formula is C67H44N2. The molecule has 0 radical (unpaired) electrons. The summed E-state index contributed by atoms with van der Waals surface area (Å²) in [6, 6.07) is 98.5. The first-order valence-electron chi connectivity index (χ1n) is 23.9. The van der Waals surface area contributed by atoms with Crippen LogP contribution in [-0.2, 0) is 5.41 Å². The molecule has 1 aromatic heterocycles. The van der Waals surface area contributed by atoms with Crippen LogP contribution in [0.15, 0.2) is 267 Å². The molecule has 1 spiro atoms. The SMILES string of the molecule is c1ccc(-c2cccc(-c3cccc(N(c4cccc(-c5ccc6c(c5)-c5ccccc5C65c6ccccc6-n6c7ccccc7c7cccc5c76)c4)c4ccccc4-c4ccccc4)c3)c2)cc1. The lowest BCUT2D eigenvalue weighted by molar-refractivity contribution is 0.748. The number of hydrogen-bond donors (Lipinski definition) is 0. The summed E-state index contributed by atoms with van der Waals surface area (Å²) in [5, 5.41) is 2.58. The maximum atomic E-state index is 2.51. The molecule has 0 fully saturated rings. The number of rotatable bonds is 7. The van der Waals surface area contributed by atoms with Crippen molar-refractivity contribution in [3.63, 3.8) is 0 Å². The highest BCUT2D eigenvalue weighted by molar-refractivity contribution is 6.13. The first-order valence-corrected chi connectivity index (χ1v) is 23.9. The van der Waals surface area contributed by atoms with Crippen LogP contribution in [0.25, 0.3) is 83.1 Å². The molecule has 2 heterocycles. The molecule has 2 nitrogen and oxygen atoms in total. The highest BCUT2D eigenvalue weighted by Crippen LogP contribution is 2.61. The standard InChI is InChI=1S/C67H44N2/c1-3-19-45(20-4-1)47-23-15-24-48(41-47)49-25-16-27-52(42-49)68(63-36-12-8-29-54(63)46-21-5-2-6-22-46)53-28-17-26-50(43-53)51-39-40-60-58(44-51)55-30-7-10-33-59(55)67(60)61-34-11-14-38-65(61)69-64-37-13-9-31-56(64)57-32-18-35-62(67)66(57)69/h1-44H. The van der Waals surface area contributed by atoms with Crippen LogP contribution in [0.5, 0.6) is 0 Å². The molecule has 14 rings (SSSR count). The Morgan fingerprint density at radius 3 is 1.57 bits per heavy atom. The van der Waals surface area contributed by atoms with E-state index in [-0.39, 0.29) is 0 Å². The van der Waals surface area contributed by atoms with Crippen molar-refractivity contribution in [1.82, 2.24) is 4.57 Å². The molecule has 12 aromatic rings. The molecule has 69 heavy (non-hydrogen) atoms. The lowest BCUT2D eigenvalue weighted by atomic mass is 9.65. The number of para-hydroxylation sites is 4. The van der Waals surface area contributed by atoms with Gasteiger partial charge < -0.3 is 9.47 Å². The fraction of sp³-hybridized carbons (Fsp3) is 0.0149. The second-order valence-corrected chi connectivity index (χ2v) is 18.4. The van der Waals surface area contributed by atoms with Crippen LogP contribution in [0.4, 0.5) is 17.1 Å². The number of nitrogens with zero attached hydrogens (tertiary/aromatic N) is 2. The van der Waals surface area contributed by atoms with Crippen LogP contribution < -0.4 is 4.90 Å². The zero-order valence-electron chi connectivity index (χ0n) is 37.8. The maximum absolute atomic E-state index is 2.51. The molecule has 0 bridgehead atoms. The molecular weight excluding hydrogens is 833 g/mol. The summed E-state index contributed by atoms with van der Waals surface area (Å²) in [6.07, 6.45) is 0. The first kappa shape index (κ1) is 39.2. The molecule has 0 amide bonds. The summed E-state index contributed by atoms with van der Waals surface area (Å²) in [5.74, 6) is 0. The number of aromatic nitrogens is 1. The van der Waals surface area contributed by atoms with Crippen LogP contribution in [0.2, 0.25) is 0 Å². The van der Waals surface area contributed by atoms with Crippen molar-refractivity contribution >= 4 is 38.9 Å².